The van der Waals surface area contributed by atoms with E-state index in [1.54, 1.807) is 0 Å². The van der Waals surface area contributed by atoms with Crippen molar-refractivity contribution in [3.05, 3.63) is 94.1 Å². The molecule has 1 aromatic heterocycles. The molecule has 3 heterocycles. The number of hydrogen-bond acceptors (Lipinski definition) is 9. The van der Waals surface area contributed by atoms with E-state index >= 15 is 4.39 Å². The van der Waals surface area contributed by atoms with Crippen molar-refractivity contribution < 1.29 is 28.1 Å². The van der Waals surface area contributed by atoms with E-state index in [0.29, 0.717) is 5.92 Å². The molecular formula is C42H41FN6O5. The van der Waals surface area contributed by atoms with E-state index < -0.39 is 35.5 Å². The van der Waals surface area contributed by atoms with Crippen molar-refractivity contribution >= 4 is 40.7 Å². The summed E-state index contributed by atoms with van der Waals surface area (Å²) in [5.74, 6) is -2.13. The molecule has 2 saturated carbocycles. The highest BCUT2D eigenvalue weighted by Crippen LogP contribution is 2.48. The van der Waals surface area contributed by atoms with E-state index in [1.807, 2.05) is 13.8 Å². The van der Waals surface area contributed by atoms with Gasteiger partial charge in [-0.2, -0.15) is 5.26 Å². The average molecular weight is 729 g/mol. The second-order valence-electron chi connectivity index (χ2n) is 15.2. The SMILES string of the molecule is Cc1ccc(-c2c(C)noc2C)cc1N(CC1CCC(Nc2cc3c(cc2F)C(=O)N(C2CCC(=O)NC2=O)C3=O)CC1)c1ccc(C2(C#N)CC2)cc1. The molecule has 1 atom stereocenters. The Morgan fingerprint density at radius 1 is 0.963 bits per heavy atom. The number of hydrogen-bond donors (Lipinski definition) is 2. The molecule has 276 valence electrons. The summed E-state index contributed by atoms with van der Waals surface area (Å²) >= 11 is 0. The Hall–Kier alpha value is -5.83. The van der Waals surface area contributed by atoms with Gasteiger partial charge in [0.15, 0.2) is 0 Å². The molecule has 2 aliphatic heterocycles. The summed E-state index contributed by atoms with van der Waals surface area (Å²) in [5.41, 5.74) is 6.86. The van der Waals surface area contributed by atoms with E-state index in [-0.39, 0.29) is 41.1 Å². The number of nitrogens with one attached hydrogen (secondary N) is 2. The number of amides is 4. The third kappa shape index (κ3) is 6.21. The molecule has 4 aromatic rings. The number of piperidine rings is 1. The minimum absolute atomic E-state index is 0.00899. The van der Waals surface area contributed by atoms with Crippen molar-refractivity contribution in [3.8, 4) is 17.2 Å². The van der Waals surface area contributed by atoms with Crippen LogP contribution < -0.4 is 15.5 Å². The first-order valence-electron chi connectivity index (χ1n) is 18.6. The Bertz CT molecular complexity index is 2230. The van der Waals surface area contributed by atoms with Gasteiger partial charge in [-0.25, -0.2) is 4.39 Å². The van der Waals surface area contributed by atoms with Crippen molar-refractivity contribution in [2.45, 2.75) is 89.6 Å². The van der Waals surface area contributed by atoms with Gasteiger partial charge < -0.3 is 14.7 Å². The first-order chi connectivity index (χ1) is 26.0. The highest BCUT2D eigenvalue weighted by atomic mass is 19.1. The number of rotatable bonds is 9. The van der Waals surface area contributed by atoms with Gasteiger partial charge in [0.2, 0.25) is 11.8 Å². The molecule has 0 bridgehead atoms. The molecule has 3 aromatic carbocycles. The summed E-state index contributed by atoms with van der Waals surface area (Å²) < 4.78 is 21.0. The van der Waals surface area contributed by atoms with Crippen LogP contribution in [0.15, 0.2) is 59.1 Å². The van der Waals surface area contributed by atoms with Crippen molar-refractivity contribution in [3.63, 3.8) is 0 Å². The first-order valence-corrected chi connectivity index (χ1v) is 18.6. The number of nitriles is 1. The van der Waals surface area contributed by atoms with Gasteiger partial charge in [0, 0.05) is 35.9 Å². The zero-order valence-electron chi connectivity index (χ0n) is 30.5. The zero-order chi connectivity index (χ0) is 37.9. The molecule has 54 heavy (non-hydrogen) atoms. The number of fused-ring (bicyclic) bond motifs is 1. The number of carbonyl (C=O) groups is 4. The maximum Gasteiger partial charge on any atom is 0.262 e. The van der Waals surface area contributed by atoms with Gasteiger partial charge in [-0.15, -0.1) is 0 Å². The number of nitrogens with zero attached hydrogens (tertiary/aromatic N) is 4. The first kappa shape index (κ1) is 35.2. The predicted octanol–water partition coefficient (Wildman–Crippen LogP) is 7.17. The minimum Gasteiger partial charge on any atom is -0.380 e. The van der Waals surface area contributed by atoms with Crippen LogP contribution in [-0.4, -0.2) is 52.3 Å². The van der Waals surface area contributed by atoms with Crippen molar-refractivity contribution in [2.24, 2.45) is 5.92 Å². The third-order valence-electron chi connectivity index (χ3n) is 11.7. The summed E-state index contributed by atoms with van der Waals surface area (Å²) in [5, 5.41) is 19.5. The fourth-order valence-corrected chi connectivity index (χ4v) is 8.41. The fraction of sp³-hybridized carbons (Fsp3) is 0.381. The van der Waals surface area contributed by atoms with Crippen LogP contribution in [0, 0.1) is 43.8 Å². The number of aromatic nitrogens is 1. The predicted molar refractivity (Wildman–Crippen MR) is 199 cm³/mol. The molecule has 4 aliphatic rings. The Kier molecular flexibility index (Phi) is 8.83. The van der Waals surface area contributed by atoms with Crippen molar-refractivity contribution in [1.29, 1.82) is 5.26 Å². The number of halogens is 1. The number of imide groups is 2. The van der Waals surface area contributed by atoms with E-state index in [4.69, 9.17) is 4.52 Å². The zero-order valence-corrected chi connectivity index (χ0v) is 30.5. The van der Waals surface area contributed by atoms with Gasteiger partial charge in [0.25, 0.3) is 11.8 Å². The summed E-state index contributed by atoms with van der Waals surface area (Å²) in [6.07, 6.45) is 5.09. The van der Waals surface area contributed by atoms with Crippen LogP contribution in [0.1, 0.15) is 94.7 Å². The second kappa shape index (κ2) is 13.5. The van der Waals surface area contributed by atoms with Crippen LogP contribution in [0.4, 0.5) is 21.5 Å². The smallest absolute Gasteiger partial charge is 0.262 e. The Morgan fingerprint density at radius 3 is 2.30 bits per heavy atom. The maximum absolute atomic E-state index is 15.5. The highest BCUT2D eigenvalue weighted by molar-refractivity contribution is 6.23. The van der Waals surface area contributed by atoms with E-state index in [9.17, 15) is 24.4 Å². The largest absolute Gasteiger partial charge is 0.380 e. The summed E-state index contributed by atoms with van der Waals surface area (Å²) in [6, 6.07) is 18.6. The van der Waals surface area contributed by atoms with Gasteiger partial charge in [-0.3, -0.25) is 29.4 Å². The molecule has 1 saturated heterocycles. The molecule has 0 radical (unpaired) electrons. The topological polar surface area (TPSA) is 149 Å². The standard InChI is InChI=1S/C42H41FN6O5/c1-23-4-7-27(38-24(2)47-54-25(38)3)18-36(23)48(30-12-8-28(9-13-30)42(22-44)16-17-42)21-26-5-10-29(11-6-26)45-34-20-32-31(19-33(34)43)40(52)49(41(32)53)35-14-15-37(50)46-39(35)51/h4,7-9,12-13,18-20,26,29,35,45H,5-6,10-11,14-17,21H2,1-3H3,(H,46,50,51). The summed E-state index contributed by atoms with van der Waals surface area (Å²) in [7, 11) is 0. The van der Waals surface area contributed by atoms with E-state index in [2.05, 4.69) is 76.1 Å². The van der Waals surface area contributed by atoms with E-state index in [1.165, 1.54) is 6.07 Å². The van der Waals surface area contributed by atoms with Gasteiger partial charge in [0.05, 0.1) is 34.0 Å². The van der Waals surface area contributed by atoms with Gasteiger partial charge >= 0.3 is 0 Å². The molecule has 1 unspecified atom stereocenters. The fourth-order valence-electron chi connectivity index (χ4n) is 8.41. The lowest BCUT2D eigenvalue weighted by Gasteiger charge is -2.35. The lowest BCUT2D eigenvalue weighted by molar-refractivity contribution is -0.136. The average Bonchev–Trinajstić information content (AvgIpc) is 3.85. The van der Waals surface area contributed by atoms with Crippen molar-refractivity contribution in [2.75, 3.05) is 16.8 Å². The summed E-state index contributed by atoms with van der Waals surface area (Å²) in [4.78, 5) is 53.8. The van der Waals surface area contributed by atoms with Crippen LogP contribution in [0.3, 0.4) is 0 Å². The minimum atomic E-state index is -1.11. The maximum atomic E-state index is 15.5. The monoisotopic (exact) mass is 728 g/mol. The number of aryl methyl sites for hydroxylation is 3. The van der Waals surface area contributed by atoms with Crippen LogP contribution >= 0.6 is 0 Å². The summed E-state index contributed by atoms with van der Waals surface area (Å²) in [6.45, 7) is 6.72. The number of anilines is 3. The lowest BCUT2D eigenvalue weighted by Crippen LogP contribution is -2.54. The molecule has 4 amide bonds. The van der Waals surface area contributed by atoms with E-state index in [0.717, 1.165) is 101 Å². The van der Waals surface area contributed by atoms with Crippen LogP contribution in [0.25, 0.3) is 11.1 Å². The quantitative estimate of drug-likeness (QED) is 0.171. The Labute approximate surface area is 312 Å². The molecule has 0 spiro atoms. The highest BCUT2D eigenvalue weighted by Gasteiger charge is 2.46. The molecule has 3 fully saturated rings. The van der Waals surface area contributed by atoms with Crippen LogP contribution in [-0.2, 0) is 15.0 Å². The number of carbonyl (C=O) groups excluding carboxylic acids is 4. The lowest BCUT2D eigenvalue weighted by atomic mass is 9.85. The Morgan fingerprint density at radius 2 is 1.67 bits per heavy atom. The molecular weight excluding hydrogens is 687 g/mol. The molecule has 8 rings (SSSR count). The van der Waals surface area contributed by atoms with Gasteiger partial charge in [-0.05, 0) is 119 Å². The molecule has 2 N–H and O–H groups in total. The van der Waals surface area contributed by atoms with Crippen LogP contribution in [0.5, 0.6) is 0 Å². The molecule has 12 heteroatoms. The Balaban J connectivity index is 0.996. The van der Waals surface area contributed by atoms with Crippen LogP contribution in [0.2, 0.25) is 0 Å². The number of benzene rings is 3. The second-order valence-corrected chi connectivity index (χ2v) is 15.2. The van der Waals surface area contributed by atoms with Gasteiger partial charge in [0.1, 0.15) is 17.6 Å². The van der Waals surface area contributed by atoms with Crippen molar-refractivity contribution in [1.82, 2.24) is 15.4 Å². The normalized spacial score (nSPS) is 21.8. The molecule has 11 nitrogen and oxygen atoms in total. The van der Waals surface area contributed by atoms with Gasteiger partial charge in [-0.1, -0.05) is 29.4 Å². The molecule has 2 aliphatic carbocycles. The third-order valence-corrected chi connectivity index (χ3v) is 11.7.